The summed E-state index contributed by atoms with van der Waals surface area (Å²) in [6, 6.07) is 15.8. The number of nitrogens with one attached hydrogen (secondary N) is 1. The van der Waals surface area contributed by atoms with Crippen molar-refractivity contribution in [1.29, 1.82) is 0 Å². The van der Waals surface area contributed by atoms with Gasteiger partial charge in [-0.2, -0.15) is 0 Å². The molecule has 0 aliphatic carbocycles. The molecule has 22 heavy (non-hydrogen) atoms. The number of carbonyl (C=O) groups is 2. The van der Waals surface area contributed by atoms with Crippen LogP contribution in [0.15, 0.2) is 54.6 Å². The third-order valence-electron chi connectivity index (χ3n) is 2.69. The van der Waals surface area contributed by atoms with Gasteiger partial charge in [0.05, 0.1) is 5.69 Å². The summed E-state index contributed by atoms with van der Waals surface area (Å²) in [6.07, 6.45) is -0.643. The highest BCUT2D eigenvalue weighted by molar-refractivity contribution is 5.86. The van der Waals surface area contributed by atoms with E-state index in [0.29, 0.717) is 5.69 Å². The van der Waals surface area contributed by atoms with E-state index in [4.69, 9.17) is 14.6 Å². The molecule has 6 heteroatoms. The number of aliphatic carboxylic acids is 1. The number of hydrogen-bond donors (Lipinski definition) is 2. The Bertz CT molecular complexity index is 642. The highest BCUT2D eigenvalue weighted by atomic mass is 16.5. The van der Waals surface area contributed by atoms with Crippen molar-refractivity contribution in [2.24, 2.45) is 0 Å². The summed E-state index contributed by atoms with van der Waals surface area (Å²) in [5.74, 6) is -0.831. The van der Waals surface area contributed by atoms with Crippen molar-refractivity contribution in [2.75, 3.05) is 11.9 Å². The zero-order chi connectivity index (χ0) is 15.8. The number of anilines is 1. The van der Waals surface area contributed by atoms with Gasteiger partial charge in [-0.25, -0.2) is 9.59 Å². The number of hydrogen-bond acceptors (Lipinski definition) is 4. The lowest BCUT2D eigenvalue weighted by Crippen LogP contribution is -2.15. The summed E-state index contributed by atoms with van der Waals surface area (Å²) in [5.41, 5.74) is 1.22. The van der Waals surface area contributed by atoms with Crippen molar-refractivity contribution in [3.63, 3.8) is 0 Å². The molecule has 0 aromatic heterocycles. The Hall–Kier alpha value is -3.02. The molecule has 0 unspecified atom stereocenters. The van der Waals surface area contributed by atoms with Gasteiger partial charge in [-0.05, 0) is 17.7 Å². The maximum absolute atomic E-state index is 11.8. The Morgan fingerprint density at radius 2 is 1.68 bits per heavy atom. The number of benzene rings is 2. The molecule has 0 heterocycles. The molecule has 0 saturated carbocycles. The Kier molecular flexibility index (Phi) is 5.37. The maximum atomic E-state index is 11.8. The Morgan fingerprint density at radius 1 is 1.00 bits per heavy atom. The first-order valence-electron chi connectivity index (χ1n) is 6.56. The lowest BCUT2D eigenvalue weighted by atomic mass is 10.2. The fourth-order valence-corrected chi connectivity index (χ4v) is 1.70. The molecule has 2 aromatic carbocycles. The monoisotopic (exact) mass is 301 g/mol. The standard InChI is InChI=1S/C16H15NO5/c18-15(19)11-21-14-9-5-4-8-13(14)17-16(20)22-10-12-6-2-1-3-7-12/h1-9H,10-11H2,(H,17,20)(H,18,19). The quantitative estimate of drug-likeness (QED) is 0.857. The highest BCUT2D eigenvalue weighted by Gasteiger charge is 2.09. The number of carbonyl (C=O) groups excluding carboxylic acids is 1. The van der Waals surface area contributed by atoms with Gasteiger partial charge in [-0.15, -0.1) is 0 Å². The largest absolute Gasteiger partial charge is 0.480 e. The summed E-state index contributed by atoms with van der Waals surface area (Å²) in [5, 5.41) is 11.1. The molecule has 2 rings (SSSR count). The van der Waals surface area contributed by atoms with Crippen molar-refractivity contribution < 1.29 is 24.2 Å². The van der Waals surface area contributed by atoms with E-state index in [2.05, 4.69) is 5.32 Å². The second-order valence-electron chi connectivity index (χ2n) is 4.37. The third kappa shape index (κ3) is 4.82. The van der Waals surface area contributed by atoms with E-state index in [1.165, 1.54) is 0 Å². The number of para-hydroxylation sites is 2. The van der Waals surface area contributed by atoms with E-state index in [1.54, 1.807) is 24.3 Å². The van der Waals surface area contributed by atoms with Gasteiger partial charge in [0.25, 0.3) is 0 Å². The third-order valence-corrected chi connectivity index (χ3v) is 2.69. The van der Waals surface area contributed by atoms with Crippen LogP contribution in [0, 0.1) is 0 Å². The van der Waals surface area contributed by atoms with E-state index in [-0.39, 0.29) is 12.4 Å². The van der Waals surface area contributed by atoms with Crippen LogP contribution in [0.1, 0.15) is 5.56 Å². The van der Waals surface area contributed by atoms with E-state index in [9.17, 15) is 9.59 Å². The van der Waals surface area contributed by atoms with Crippen LogP contribution in [0.4, 0.5) is 10.5 Å². The molecule has 0 saturated heterocycles. The number of carboxylic acids is 1. The zero-order valence-electron chi connectivity index (χ0n) is 11.7. The van der Waals surface area contributed by atoms with Gasteiger partial charge in [0.2, 0.25) is 0 Å². The van der Waals surface area contributed by atoms with E-state index < -0.39 is 18.7 Å². The van der Waals surface area contributed by atoms with Crippen LogP contribution >= 0.6 is 0 Å². The second-order valence-corrected chi connectivity index (χ2v) is 4.37. The molecule has 0 fully saturated rings. The summed E-state index contributed by atoms with van der Waals surface area (Å²) < 4.78 is 10.2. The normalized spacial score (nSPS) is 9.82. The van der Waals surface area contributed by atoms with Crippen molar-refractivity contribution in [3.05, 3.63) is 60.2 Å². The lowest BCUT2D eigenvalue weighted by molar-refractivity contribution is -0.139. The predicted molar refractivity (Wildman–Crippen MR) is 79.8 cm³/mol. The van der Waals surface area contributed by atoms with Gasteiger partial charge in [-0.3, -0.25) is 5.32 Å². The second kappa shape index (κ2) is 7.68. The Balaban J connectivity index is 1.92. The summed E-state index contributed by atoms with van der Waals surface area (Å²) >= 11 is 0. The summed E-state index contributed by atoms with van der Waals surface area (Å²) in [7, 11) is 0. The number of rotatable bonds is 6. The molecular weight excluding hydrogens is 286 g/mol. The summed E-state index contributed by atoms with van der Waals surface area (Å²) in [6.45, 7) is -0.345. The lowest BCUT2D eigenvalue weighted by Gasteiger charge is -2.11. The fourth-order valence-electron chi connectivity index (χ4n) is 1.70. The first kappa shape index (κ1) is 15.4. The molecule has 0 atom stereocenters. The molecule has 2 N–H and O–H groups in total. The number of amides is 1. The highest BCUT2D eigenvalue weighted by Crippen LogP contribution is 2.23. The first-order valence-corrected chi connectivity index (χ1v) is 6.56. The minimum absolute atomic E-state index is 0.144. The van der Waals surface area contributed by atoms with Gasteiger partial charge in [0.15, 0.2) is 6.61 Å². The molecule has 0 aliphatic rings. The molecule has 114 valence electrons. The SMILES string of the molecule is O=C(O)COc1ccccc1NC(=O)OCc1ccccc1. The van der Waals surface area contributed by atoms with Crippen LogP contribution in [0.25, 0.3) is 0 Å². The van der Waals surface area contributed by atoms with Crippen molar-refractivity contribution in [1.82, 2.24) is 0 Å². The van der Waals surface area contributed by atoms with Gasteiger partial charge < -0.3 is 14.6 Å². The minimum Gasteiger partial charge on any atom is -0.480 e. The molecule has 1 amide bonds. The van der Waals surface area contributed by atoms with Crippen LogP contribution in [0.5, 0.6) is 5.75 Å². The van der Waals surface area contributed by atoms with Crippen LogP contribution in [0.2, 0.25) is 0 Å². The number of ether oxygens (including phenoxy) is 2. The molecule has 2 aromatic rings. The van der Waals surface area contributed by atoms with E-state index >= 15 is 0 Å². The van der Waals surface area contributed by atoms with Crippen molar-refractivity contribution >= 4 is 17.7 Å². The smallest absolute Gasteiger partial charge is 0.412 e. The van der Waals surface area contributed by atoms with Crippen LogP contribution in [-0.2, 0) is 16.1 Å². The topological polar surface area (TPSA) is 84.9 Å². The summed E-state index contributed by atoms with van der Waals surface area (Å²) in [4.78, 5) is 22.3. The maximum Gasteiger partial charge on any atom is 0.412 e. The molecule has 0 radical (unpaired) electrons. The van der Waals surface area contributed by atoms with Gasteiger partial charge in [-0.1, -0.05) is 42.5 Å². The average Bonchev–Trinajstić information content (AvgIpc) is 2.53. The minimum atomic E-state index is -1.10. The van der Waals surface area contributed by atoms with Crippen LogP contribution < -0.4 is 10.1 Å². The van der Waals surface area contributed by atoms with Crippen molar-refractivity contribution in [2.45, 2.75) is 6.61 Å². The fraction of sp³-hybridized carbons (Fsp3) is 0.125. The zero-order valence-corrected chi connectivity index (χ0v) is 11.7. The van der Waals surface area contributed by atoms with E-state index in [0.717, 1.165) is 5.56 Å². The van der Waals surface area contributed by atoms with Crippen molar-refractivity contribution in [3.8, 4) is 5.75 Å². The number of carboxylic acid groups (broad SMARTS) is 1. The molecule has 0 spiro atoms. The van der Waals surface area contributed by atoms with Gasteiger partial charge in [0, 0.05) is 0 Å². The Morgan fingerprint density at radius 3 is 2.41 bits per heavy atom. The van der Waals surface area contributed by atoms with Crippen LogP contribution in [0.3, 0.4) is 0 Å². The molecule has 0 aliphatic heterocycles. The van der Waals surface area contributed by atoms with E-state index in [1.807, 2.05) is 30.3 Å². The predicted octanol–water partition coefficient (Wildman–Crippen LogP) is 2.90. The van der Waals surface area contributed by atoms with Crippen LogP contribution in [-0.4, -0.2) is 23.8 Å². The molecule has 6 nitrogen and oxygen atoms in total. The first-order chi connectivity index (χ1) is 10.6. The average molecular weight is 301 g/mol. The van der Waals surface area contributed by atoms with Gasteiger partial charge in [0.1, 0.15) is 12.4 Å². The Labute approximate surface area is 127 Å². The molecular formula is C16H15NO5. The van der Waals surface area contributed by atoms with Gasteiger partial charge >= 0.3 is 12.1 Å². The molecule has 0 bridgehead atoms.